The fourth-order valence-electron chi connectivity index (χ4n) is 8.05. The molecule has 248 valence electrons. The molecule has 0 aliphatic carbocycles. The van der Waals surface area contributed by atoms with Crippen LogP contribution in [0, 0.1) is 0 Å². The maximum absolute atomic E-state index is 2.42. The van der Waals surface area contributed by atoms with Crippen molar-refractivity contribution < 1.29 is 0 Å². The Kier molecular flexibility index (Phi) is 7.55. The Balaban J connectivity index is 1.19. The van der Waals surface area contributed by atoms with Gasteiger partial charge in [-0.15, -0.1) is 0 Å². The van der Waals surface area contributed by atoms with Crippen molar-refractivity contribution in [1.29, 1.82) is 0 Å². The average molecular weight is 674 g/mol. The molecule has 1 nitrogen and oxygen atoms in total. The van der Waals surface area contributed by atoms with Gasteiger partial charge in [-0.25, -0.2) is 0 Å². The van der Waals surface area contributed by atoms with Gasteiger partial charge in [-0.1, -0.05) is 170 Å². The summed E-state index contributed by atoms with van der Waals surface area (Å²) in [7, 11) is 0. The fraction of sp³-hybridized carbons (Fsp3) is 0. The van der Waals surface area contributed by atoms with E-state index in [0.29, 0.717) is 0 Å². The number of anilines is 3. The predicted molar refractivity (Wildman–Crippen MR) is 227 cm³/mol. The van der Waals surface area contributed by atoms with Gasteiger partial charge in [0.05, 0.1) is 5.69 Å². The van der Waals surface area contributed by atoms with E-state index in [0.717, 1.165) is 17.1 Å². The summed E-state index contributed by atoms with van der Waals surface area (Å²) in [5.74, 6) is 0. The van der Waals surface area contributed by atoms with Crippen molar-refractivity contribution in [3.63, 3.8) is 0 Å². The highest BCUT2D eigenvalue weighted by Gasteiger charge is 2.19. The lowest BCUT2D eigenvalue weighted by atomic mass is 9.89. The Labute approximate surface area is 309 Å². The normalized spacial score (nSPS) is 11.4. The third-order valence-electron chi connectivity index (χ3n) is 10.6. The topological polar surface area (TPSA) is 3.24 Å². The number of benzene rings is 10. The van der Waals surface area contributed by atoms with E-state index in [9.17, 15) is 0 Å². The molecule has 53 heavy (non-hydrogen) atoms. The van der Waals surface area contributed by atoms with Crippen molar-refractivity contribution in [2.75, 3.05) is 4.90 Å². The van der Waals surface area contributed by atoms with Crippen LogP contribution in [0.2, 0.25) is 0 Å². The minimum absolute atomic E-state index is 1.11. The molecule has 10 aromatic carbocycles. The van der Waals surface area contributed by atoms with Gasteiger partial charge < -0.3 is 4.90 Å². The van der Waals surface area contributed by atoms with E-state index in [1.54, 1.807) is 0 Å². The molecule has 0 aliphatic rings. The highest BCUT2D eigenvalue weighted by Crippen LogP contribution is 2.45. The number of fused-ring (bicyclic) bond motifs is 6. The molecular weight excluding hydrogens is 639 g/mol. The Morgan fingerprint density at radius 1 is 0.264 bits per heavy atom. The van der Waals surface area contributed by atoms with Crippen LogP contribution in [0.4, 0.5) is 17.1 Å². The van der Waals surface area contributed by atoms with Crippen LogP contribution in [0.1, 0.15) is 0 Å². The number of hydrogen-bond acceptors (Lipinski definition) is 1. The van der Waals surface area contributed by atoms with Gasteiger partial charge in [-0.05, 0) is 114 Å². The molecule has 0 fully saturated rings. The monoisotopic (exact) mass is 673 g/mol. The average Bonchev–Trinajstić information content (AvgIpc) is 3.24. The maximum atomic E-state index is 2.42. The molecule has 1 heteroatoms. The third-order valence-corrected chi connectivity index (χ3v) is 10.6. The van der Waals surface area contributed by atoms with E-state index in [1.165, 1.54) is 76.5 Å². The van der Waals surface area contributed by atoms with E-state index in [4.69, 9.17) is 0 Å². The second-order valence-electron chi connectivity index (χ2n) is 13.7. The van der Waals surface area contributed by atoms with Crippen LogP contribution in [-0.2, 0) is 0 Å². The van der Waals surface area contributed by atoms with Crippen LogP contribution in [0.15, 0.2) is 212 Å². The third kappa shape index (κ3) is 5.51. The van der Waals surface area contributed by atoms with Crippen molar-refractivity contribution >= 4 is 60.2 Å². The zero-order valence-corrected chi connectivity index (χ0v) is 29.2. The first-order chi connectivity index (χ1) is 26.3. The number of nitrogens with zero attached hydrogens (tertiary/aromatic N) is 1. The van der Waals surface area contributed by atoms with E-state index in [-0.39, 0.29) is 0 Å². The molecule has 0 saturated carbocycles. The molecule has 0 N–H and O–H groups in total. The molecule has 0 amide bonds. The van der Waals surface area contributed by atoms with E-state index < -0.39 is 0 Å². The first-order valence-corrected chi connectivity index (χ1v) is 18.3. The van der Waals surface area contributed by atoms with Gasteiger partial charge in [-0.3, -0.25) is 0 Å². The predicted octanol–water partition coefficient (Wildman–Crippen LogP) is 14.8. The van der Waals surface area contributed by atoms with Crippen LogP contribution in [-0.4, -0.2) is 0 Å². The van der Waals surface area contributed by atoms with Crippen molar-refractivity contribution in [1.82, 2.24) is 0 Å². The van der Waals surface area contributed by atoms with Gasteiger partial charge in [0, 0.05) is 16.8 Å². The smallest absolute Gasteiger partial charge is 0.0546 e. The van der Waals surface area contributed by atoms with Crippen LogP contribution >= 0.6 is 0 Å². The van der Waals surface area contributed by atoms with Crippen LogP contribution in [0.3, 0.4) is 0 Å². The molecule has 0 spiro atoms. The molecular formula is C52H35N. The number of para-hydroxylation sites is 1. The summed E-state index contributed by atoms with van der Waals surface area (Å²) < 4.78 is 0. The zero-order valence-electron chi connectivity index (χ0n) is 29.2. The van der Waals surface area contributed by atoms with Crippen molar-refractivity contribution in [2.45, 2.75) is 0 Å². The molecule has 10 aromatic rings. The van der Waals surface area contributed by atoms with E-state index >= 15 is 0 Å². The van der Waals surface area contributed by atoms with Gasteiger partial charge in [0.25, 0.3) is 0 Å². The maximum Gasteiger partial charge on any atom is 0.0546 e. The highest BCUT2D eigenvalue weighted by atomic mass is 15.1. The molecule has 0 heterocycles. The molecule has 0 aliphatic heterocycles. The number of hydrogen-bond donors (Lipinski definition) is 0. The minimum atomic E-state index is 1.11. The molecule has 0 radical (unpaired) electrons. The summed E-state index contributed by atoms with van der Waals surface area (Å²) in [4.78, 5) is 2.42. The number of rotatable bonds is 6. The summed E-state index contributed by atoms with van der Waals surface area (Å²) in [5, 5.41) is 10.0. The van der Waals surface area contributed by atoms with Gasteiger partial charge >= 0.3 is 0 Å². The van der Waals surface area contributed by atoms with Gasteiger partial charge in [0.2, 0.25) is 0 Å². The zero-order chi connectivity index (χ0) is 35.1. The largest absolute Gasteiger partial charge is 0.310 e. The molecule has 0 unspecified atom stereocenters. The first-order valence-electron chi connectivity index (χ1n) is 18.3. The molecule has 0 atom stereocenters. The van der Waals surface area contributed by atoms with Crippen molar-refractivity contribution in [3.8, 4) is 33.4 Å². The summed E-state index contributed by atoms with van der Waals surface area (Å²) >= 11 is 0. The minimum Gasteiger partial charge on any atom is -0.310 e. The highest BCUT2D eigenvalue weighted by molar-refractivity contribution is 6.24. The lowest BCUT2D eigenvalue weighted by Gasteiger charge is -2.28. The first kappa shape index (κ1) is 30.8. The molecule has 0 aromatic heterocycles. The second-order valence-corrected chi connectivity index (χ2v) is 13.7. The van der Waals surface area contributed by atoms with Crippen LogP contribution < -0.4 is 4.90 Å². The fourth-order valence-corrected chi connectivity index (χ4v) is 8.05. The standard InChI is InChI=1S/C52H35N/c1-3-14-36(15-4-1)37-26-28-38(29-27-37)40-19-13-22-45(33-40)53(44-20-5-2-6-21-44)51-35-43(32-41-17-8-10-23-46(41)51)50-34-42-18-9-12-25-48(42)52-47-24-11-7-16-39(47)30-31-49(50)52/h1-35H. The summed E-state index contributed by atoms with van der Waals surface area (Å²) in [6.07, 6.45) is 0. The van der Waals surface area contributed by atoms with Crippen LogP contribution in [0.25, 0.3) is 76.5 Å². The summed E-state index contributed by atoms with van der Waals surface area (Å²) in [5.41, 5.74) is 10.6. The van der Waals surface area contributed by atoms with Crippen molar-refractivity contribution in [2.24, 2.45) is 0 Å². The van der Waals surface area contributed by atoms with Crippen LogP contribution in [0.5, 0.6) is 0 Å². The Hall–Kier alpha value is -6.96. The van der Waals surface area contributed by atoms with Gasteiger partial charge in [0.1, 0.15) is 0 Å². The second kappa shape index (κ2) is 13.0. The lowest BCUT2D eigenvalue weighted by Crippen LogP contribution is -2.10. The lowest BCUT2D eigenvalue weighted by molar-refractivity contribution is 1.30. The molecule has 0 bridgehead atoms. The SMILES string of the molecule is c1ccc(-c2ccc(-c3cccc(N(c4ccccc4)c4cc(-c5cc6ccccc6c6c5ccc5ccccc56)cc5ccccc45)c3)cc2)cc1. The molecule has 10 rings (SSSR count). The Morgan fingerprint density at radius 2 is 0.792 bits per heavy atom. The van der Waals surface area contributed by atoms with E-state index in [2.05, 4.69) is 217 Å². The Morgan fingerprint density at radius 3 is 1.53 bits per heavy atom. The van der Waals surface area contributed by atoms with Crippen molar-refractivity contribution in [3.05, 3.63) is 212 Å². The van der Waals surface area contributed by atoms with Gasteiger partial charge in [-0.2, -0.15) is 0 Å². The Bertz CT molecular complexity index is 2910. The summed E-state index contributed by atoms with van der Waals surface area (Å²) in [6.45, 7) is 0. The quantitative estimate of drug-likeness (QED) is 0.159. The van der Waals surface area contributed by atoms with E-state index in [1.807, 2.05) is 0 Å². The summed E-state index contributed by atoms with van der Waals surface area (Å²) in [6, 6.07) is 77.3. The molecule has 0 saturated heterocycles. The van der Waals surface area contributed by atoms with Gasteiger partial charge in [0.15, 0.2) is 0 Å².